The van der Waals surface area contributed by atoms with E-state index in [1.807, 2.05) is 17.9 Å². The molecular formula is C19H23N3O. The van der Waals surface area contributed by atoms with Crippen molar-refractivity contribution in [3.05, 3.63) is 58.9 Å². The van der Waals surface area contributed by atoms with Crippen molar-refractivity contribution in [1.29, 1.82) is 0 Å². The van der Waals surface area contributed by atoms with Crippen LogP contribution in [0.4, 0.5) is 5.69 Å². The highest BCUT2D eigenvalue weighted by Crippen LogP contribution is 2.24. The number of nitrogens with zero attached hydrogens (tertiary/aromatic N) is 3. The second-order valence-electron chi connectivity index (χ2n) is 6.19. The first-order valence-electron chi connectivity index (χ1n) is 8.09. The first-order valence-corrected chi connectivity index (χ1v) is 8.09. The van der Waals surface area contributed by atoms with Crippen LogP contribution in [0.15, 0.2) is 36.7 Å². The maximum Gasteiger partial charge on any atom is 0.255 e. The van der Waals surface area contributed by atoms with Crippen molar-refractivity contribution >= 4 is 11.6 Å². The van der Waals surface area contributed by atoms with Crippen LogP contribution in [0.1, 0.15) is 27.0 Å². The lowest BCUT2D eigenvalue weighted by molar-refractivity contribution is 0.0745. The SMILES string of the molecule is Cc1ccncc1C(=O)N1CCN(c2cccc(C)c2C)CC1. The first kappa shape index (κ1) is 15.5. The van der Waals surface area contributed by atoms with Crippen molar-refractivity contribution in [2.24, 2.45) is 0 Å². The highest BCUT2D eigenvalue weighted by atomic mass is 16.2. The van der Waals surface area contributed by atoms with Gasteiger partial charge in [-0.1, -0.05) is 12.1 Å². The molecule has 1 fully saturated rings. The van der Waals surface area contributed by atoms with Gasteiger partial charge in [-0.2, -0.15) is 0 Å². The minimum atomic E-state index is 0.0937. The van der Waals surface area contributed by atoms with Gasteiger partial charge in [0.05, 0.1) is 5.56 Å². The van der Waals surface area contributed by atoms with Crippen molar-refractivity contribution in [3.8, 4) is 0 Å². The highest BCUT2D eigenvalue weighted by molar-refractivity contribution is 5.95. The van der Waals surface area contributed by atoms with Gasteiger partial charge in [0.15, 0.2) is 0 Å². The molecule has 1 aromatic carbocycles. The molecule has 0 N–H and O–H groups in total. The fraction of sp³-hybridized carbons (Fsp3) is 0.368. The van der Waals surface area contributed by atoms with Crippen LogP contribution in [-0.2, 0) is 0 Å². The molecule has 0 unspecified atom stereocenters. The smallest absolute Gasteiger partial charge is 0.255 e. The Morgan fingerprint density at radius 2 is 1.74 bits per heavy atom. The van der Waals surface area contributed by atoms with E-state index in [0.29, 0.717) is 5.56 Å². The number of hydrogen-bond donors (Lipinski definition) is 0. The highest BCUT2D eigenvalue weighted by Gasteiger charge is 2.24. The Morgan fingerprint density at radius 3 is 2.43 bits per heavy atom. The summed E-state index contributed by atoms with van der Waals surface area (Å²) in [7, 11) is 0. The van der Waals surface area contributed by atoms with E-state index in [-0.39, 0.29) is 5.91 Å². The number of pyridine rings is 1. The maximum atomic E-state index is 12.7. The van der Waals surface area contributed by atoms with Crippen LogP contribution >= 0.6 is 0 Å². The zero-order chi connectivity index (χ0) is 16.4. The molecule has 1 aliphatic rings. The van der Waals surface area contributed by atoms with Crippen molar-refractivity contribution in [1.82, 2.24) is 9.88 Å². The van der Waals surface area contributed by atoms with E-state index in [9.17, 15) is 4.79 Å². The number of amides is 1. The Morgan fingerprint density at radius 1 is 1.00 bits per heavy atom. The van der Waals surface area contributed by atoms with E-state index < -0.39 is 0 Å². The third-order valence-corrected chi connectivity index (χ3v) is 4.75. The quantitative estimate of drug-likeness (QED) is 0.856. The van der Waals surface area contributed by atoms with Crippen molar-refractivity contribution in [3.63, 3.8) is 0 Å². The summed E-state index contributed by atoms with van der Waals surface area (Å²) in [5, 5.41) is 0. The van der Waals surface area contributed by atoms with Crippen molar-refractivity contribution in [2.45, 2.75) is 20.8 Å². The molecule has 4 nitrogen and oxygen atoms in total. The number of carbonyl (C=O) groups excluding carboxylic acids is 1. The monoisotopic (exact) mass is 309 g/mol. The van der Waals surface area contributed by atoms with Gasteiger partial charge >= 0.3 is 0 Å². The van der Waals surface area contributed by atoms with Crippen LogP contribution in [0.3, 0.4) is 0 Å². The standard InChI is InChI=1S/C19H23N3O/c1-14-5-4-6-18(16(14)3)21-9-11-22(12-10-21)19(23)17-13-20-8-7-15(17)2/h4-8,13H,9-12H2,1-3H3. The first-order chi connectivity index (χ1) is 11.1. The Bertz CT molecular complexity index is 718. The molecule has 23 heavy (non-hydrogen) atoms. The second-order valence-corrected chi connectivity index (χ2v) is 6.19. The molecule has 0 bridgehead atoms. The Kier molecular flexibility index (Phi) is 4.33. The van der Waals surface area contributed by atoms with Gasteiger partial charge in [0.1, 0.15) is 0 Å². The van der Waals surface area contributed by atoms with Gasteiger partial charge in [-0.3, -0.25) is 9.78 Å². The Hall–Kier alpha value is -2.36. The predicted octanol–water partition coefficient (Wildman–Crippen LogP) is 2.97. The van der Waals surface area contributed by atoms with Gasteiger partial charge in [-0.25, -0.2) is 0 Å². The molecule has 0 spiro atoms. The van der Waals surface area contributed by atoms with E-state index in [1.165, 1.54) is 16.8 Å². The van der Waals surface area contributed by atoms with Crippen LogP contribution in [-0.4, -0.2) is 42.0 Å². The predicted molar refractivity (Wildman–Crippen MR) is 93.0 cm³/mol. The molecule has 0 atom stereocenters. The minimum absolute atomic E-state index is 0.0937. The number of piperazine rings is 1. The normalized spacial score (nSPS) is 14.9. The number of aromatic nitrogens is 1. The maximum absolute atomic E-state index is 12.7. The summed E-state index contributed by atoms with van der Waals surface area (Å²) in [4.78, 5) is 21.1. The Balaban J connectivity index is 1.70. The van der Waals surface area contributed by atoms with Gasteiger partial charge in [-0.15, -0.1) is 0 Å². The third kappa shape index (κ3) is 3.07. The molecule has 1 aliphatic heterocycles. The number of benzene rings is 1. The largest absolute Gasteiger partial charge is 0.368 e. The van der Waals surface area contributed by atoms with Gasteiger partial charge in [0, 0.05) is 44.3 Å². The number of aryl methyl sites for hydroxylation is 2. The fourth-order valence-electron chi connectivity index (χ4n) is 3.09. The third-order valence-electron chi connectivity index (χ3n) is 4.75. The van der Waals surface area contributed by atoms with Crippen LogP contribution in [0.25, 0.3) is 0 Å². The molecule has 120 valence electrons. The molecule has 3 rings (SSSR count). The summed E-state index contributed by atoms with van der Waals surface area (Å²) in [6, 6.07) is 8.31. The van der Waals surface area contributed by atoms with Crippen molar-refractivity contribution < 1.29 is 4.79 Å². The van der Waals surface area contributed by atoms with Gasteiger partial charge in [0.25, 0.3) is 5.91 Å². The van der Waals surface area contributed by atoms with Crippen LogP contribution in [0, 0.1) is 20.8 Å². The lowest BCUT2D eigenvalue weighted by Crippen LogP contribution is -2.49. The zero-order valence-electron chi connectivity index (χ0n) is 14.0. The van der Waals surface area contributed by atoms with E-state index in [1.54, 1.807) is 12.4 Å². The summed E-state index contributed by atoms with van der Waals surface area (Å²) in [6.45, 7) is 9.51. The summed E-state index contributed by atoms with van der Waals surface area (Å²) in [5.41, 5.74) is 5.63. The molecule has 4 heteroatoms. The molecular weight excluding hydrogens is 286 g/mol. The van der Waals surface area contributed by atoms with Gasteiger partial charge < -0.3 is 9.80 Å². The van der Waals surface area contributed by atoms with Crippen LogP contribution < -0.4 is 4.90 Å². The molecule has 1 amide bonds. The minimum Gasteiger partial charge on any atom is -0.368 e. The molecule has 1 aromatic heterocycles. The summed E-state index contributed by atoms with van der Waals surface area (Å²) < 4.78 is 0. The summed E-state index contributed by atoms with van der Waals surface area (Å²) >= 11 is 0. The number of carbonyl (C=O) groups is 1. The fourth-order valence-corrected chi connectivity index (χ4v) is 3.09. The topological polar surface area (TPSA) is 36.4 Å². The molecule has 2 heterocycles. The number of anilines is 1. The lowest BCUT2D eigenvalue weighted by Gasteiger charge is -2.37. The lowest BCUT2D eigenvalue weighted by atomic mass is 10.1. The Labute approximate surface area is 137 Å². The van der Waals surface area contributed by atoms with Gasteiger partial charge in [-0.05, 0) is 49.6 Å². The number of rotatable bonds is 2. The van der Waals surface area contributed by atoms with E-state index in [0.717, 1.165) is 31.7 Å². The second kappa shape index (κ2) is 6.41. The molecule has 1 saturated heterocycles. The summed E-state index contributed by atoms with van der Waals surface area (Å²) in [6.07, 6.45) is 3.40. The van der Waals surface area contributed by atoms with E-state index in [2.05, 4.69) is 41.9 Å². The van der Waals surface area contributed by atoms with Crippen LogP contribution in [0.2, 0.25) is 0 Å². The average Bonchev–Trinajstić information content (AvgIpc) is 2.57. The van der Waals surface area contributed by atoms with Crippen molar-refractivity contribution in [2.75, 3.05) is 31.1 Å². The molecule has 0 radical (unpaired) electrons. The molecule has 0 saturated carbocycles. The van der Waals surface area contributed by atoms with E-state index in [4.69, 9.17) is 0 Å². The summed E-state index contributed by atoms with van der Waals surface area (Å²) in [5.74, 6) is 0.0937. The number of hydrogen-bond acceptors (Lipinski definition) is 3. The van der Waals surface area contributed by atoms with Gasteiger partial charge in [0.2, 0.25) is 0 Å². The van der Waals surface area contributed by atoms with Crippen LogP contribution in [0.5, 0.6) is 0 Å². The zero-order valence-corrected chi connectivity index (χ0v) is 14.0. The molecule has 2 aromatic rings. The van der Waals surface area contributed by atoms with E-state index >= 15 is 0 Å². The molecule has 0 aliphatic carbocycles. The average molecular weight is 309 g/mol.